The number of hydrogen-bond acceptors (Lipinski definition) is 5. The standard InChI is InChI=1S/C17H19BrClNO5S2/c1-25-17-15(18)10-14(19)11-16(17)27(23,24)20-8-5-9-26(21,22)12-13-6-3-2-4-7-13/h2-4,6-7,10-11,20H,5,8-9,12H2,1H3. The molecular formula is C17H19BrClNO5S2. The second kappa shape index (κ2) is 9.38. The van der Waals surface area contributed by atoms with Crippen LogP contribution >= 0.6 is 27.5 Å². The molecule has 148 valence electrons. The van der Waals surface area contributed by atoms with E-state index in [1.165, 1.54) is 19.2 Å². The summed E-state index contributed by atoms with van der Waals surface area (Å²) < 4.78 is 57.3. The fourth-order valence-corrected chi connectivity index (χ4v) is 6.30. The molecule has 0 saturated heterocycles. The average molecular weight is 497 g/mol. The van der Waals surface area contributed by atoms with Crippen LogP contribution in [0.1, 0.15) is 12.0 Å². The van der Waals surface area contributed by atoms with Crippen molar-refractivity contribution in [3.63, 3.8) is 0 Å². The first kappa shape index (κ1) is 22.2. The maximum atomic E-state index is 12.5. The van der Waals surface area contributed by atoms with Crippen LogP contribution in [0.2, 0.25) is 5.02 Å². The van der Waals surface area contributed by atoms with E-state index in [0.717, 1.165) is 0 Å². The summed E-state index contributed by atoms with van der Waals surface area (Å²) in [5.74, 6) is -0.0696. The molecule has 10 heteroatoms. The molecule has 0 aliphatic heterocycles. The zero-order valence-corrected chi connectivity index (χ0v) is 18.5. The molecule has 0 aliphatic carbocycles. The van der Waals surface area contributed by atoms with Gasteiger partial charge in [-0.25, -0.2) is 21.6 Å². The van der Waals surface area contributed by atoms with Crippen molar-refractivity contribution in [1.29, 1.82) is 0 Å². The van der Waals surface area contributed by atoms with Crippen LogP contribution in [0.15, 0.2) is 51.8 Å². The highest BCUT2D eigenvalue weighted by atomic mass is 79.9. The maximum absolute atomic E-state index is 12.5. The van der Waals surface area contributed by atoms with E-state index in [4.69, 9.17) is 16.3 Å². The second-order valence-corrected chi connectivity index (χ2v) is 11.0. The SMILES string of the molecule is COc1c(Br)cc(Cl)cc1S(=O)(=O)NCCCS(=O)(=O)Cc1ccccc1. The van der Waals surface area contributed by atoms with Crippen molar-refractivity contribution < 1.29 is 21.6 Å². The van der Waals surface area contributed by atoms with Gasteiger partial charge in [-0.15, -0.1) is 0 Å². The molecular weight excluding hydrogens is 478 g/mol. The minimum atomic E-state index is -3.91. The van der Waals surface area contributed by atoms with Crippen LogP contribution in [0, 0.1) is 0 Å². The summed E-state index contributed by atoms with van der Waals surface area (Å²) in [6, 6.07) is 11.6. The Bertz CT molecular complexity index is 995. The van der Waals surface area contributed by atoms with Gasteiger partial charge in [0.05, 0.1) is 23.1 Å². The molecule has 0 amide bonds. The van der Waals surface area contributed by atoms with Gasteiger partial charge in [0.2, 0.25) is 10.0 Å². The molecule has 0 heterocycles. The molecule has 6 nitrogen and oxygen atoms in total. The summed E-state index contributed by atoms with van der Waals surface area (Å²) in [6.45, 7) is -0.0242. The molecule has 0 unspecified atom stereocenters. The summed E-state index contributed by atoms with van der Waals surface area (Å²) >= 11 is 9.14. The Morgan fingerprint density at radius 3 is 2.41 bits per heavy atom. The van der Waals surface area contributed by atoms with Crippen molar-refractivity contribution in [3.05, 3.63) is 57.5 Å². The number of benzene rings is 2. The van der Waals surface area contributed by atoms with Crippen LogP contribution < -0.4 is 9.46 Å². The molecule has 0 aromatic heterocycles. The fourth-order valence-electron chi connectivity index (χ4n) is 2.41. The van der Waals surface area contributed by atoms with Crippen molar-refractivity contribution >= 4 is 47.4 Å². The van der Waals surface area contributed by atoms with Crippen molar-refractivity contribution in [2.45, 2.75) is 17.1 Å². The first-order valence-electron chi connectivity index (χ1n) is 7.92. The van der Waals surface area contributed by atoms with Crippen molar-refractivity contribution in [2.24, 2.45) is 0 Å². The number of sulfonamides is 1. The van der Waals surface area contributed by atoms with Crippen LogP contribution in [0.25, 0.3) is 0 Å². The average Bonchev–Trinajstić information content (AvgIpc) is 2.59. The molecule has 0 spiro atoms. The maximum Gasteiger partial charge on any atom is 0.244 e. The zero-order chi connectivity index (χ0) is 20.1. The van der Waals surface area contributed by atoms with Gasteiger partial charge in [0.1, 0.15) is 4.90 Å². The van der Waals surface area contributed by atoms with E-state index >= 15 is 0 Å². The molecule has 2 aromatic rings. The number of halogens is 2. The van der Waals surface area contributed by atoms with Crippen LogP contribution in [0.5, 0.6) is 5.75 Å². The predicted molar refractivity (Wildman–Crippen MR) is 109 cm³/mol. The first-order chi connectivity index (χ1) is 12.6. The number of rotatable bonds is 9. The van der Waals surface area contributed by atoms with Crippen LogP contribution in [-0.4, -0.2) is 36.2 Å². The Kier molecular flexibility index (Phi) is 7.70. The topological polar surface area (TPSA) is 89.5 Å². The Balaban J connectivity index is 1.98. The summed E-state index contributed by atoms with van der Waals surface area (Å²) in [7, 11) is -5.89. The van der Waals surface area contributed by atoms with Crippen LogP contribution in [0.3, 0.4) is 0 Å². The molecule has 0 aliphatic rings. The van der Waals surface area contributed by atoms with Gasteiger partial charge in [-0.1, -0.05) is 41.9 Å². The molecule has 2 aromatic carbocycles. The summed E-state index contributed by atoms with van der Waals surface area (Å²) in [6.07, 6.45) is 0.151. The lowest BCUT2D eigenvalue weighted by Crippen LogP contribution is -2.27. The van der Waals surface area contributed by atoms with Gasteiger partial charge in [0.25, 0.3) is 0 Å². The van der Waals surface area contributed by atoms with Crippen molar-refractivity contribution in [2.75, 3.05) is 19.4 Å². The highest BCUT2D eigenvalue weighted by Gasteiger charge is 2.22. The molecule has 0 atom stereocenters. The van der Waals surface area contributed by atoms with Gasteiger partial charge >= 0.3 is 0 Å². The van der Waals surface area contributed by atoms with Gasteiger partial charge in [-0.2, -0.15) is 0 Å². The summed E-state index contributed by atoms with van der Waals surface area (Å²) in [4.78, 5) is -0.114. The van der Waals surface area contributed by atoms with E-state index in [1.807, 2.05) is 6.07 Å². The summed E-state index contributed by atoms with van der Waals surface area (Å²) in [5.41, 5.74) is 0.701. The number of hydrogen-bond donors (Lipinski definition) is 1. The van der Waals surface area contributed by atoms with Gasteiger partial charge in [-0.05, 0) is 40.0 Å². The second-order valence-electron chi connectivity index (χ2n) is 5.75. The third-order valence-electron chi connectivity index (χ3n) is 3.62. The molecule has 0 radical (unpaired) electrons. The fraction of sp³-hybridized carbons (Fsp3) is 0.294. The van der Waals surface area contributed by atoms with Crippen molar-refractivity contribution in [1.82, 2.24) is 4.72 Å². The lowest BCUT2D eigenvalue weighted by Gasteiger charge is -2.13. The third-order valence-corrected chi connectivity index (χ3v) is 7.58. The van der Waals surface area contributed by atoms with Gasteiger partial charge in [0, 0.05) is 11.6 Å². The highest BCUT2D eigenvalue weighted by Crippen LogP contribution is 2.35. The van der Waals surface area contributed by atoms with Crippen molar-refractivity contribution in [3.8, 4) is 5.75 Å². The minimum Gasteiger partial charge on any atom is -0.494 e. The quantitative estimate of drug-likeness (QED) is 0.538. The first-order valence-corrected chi connectivity index (χ1v) is 12.4. The lowest BCUT2D eigenvalue weighted by molar-refractivity contribution is 0.399. The molecule has 2 rings (SSSR count). The van der Waals surface area contributed by atoms with Gasteiger partial charge in [-0.3, -0.25) is 0 Å². The molecule has 0 fully saturated rings. The summed E-state index contributed by atoms with van der Waals surface area (Å²) in [5, 5.41) is 0.230. The number of sulfone groups is 1. The van der Waals surface area contributed by atoms with E-state index in [9.17, 15) is 16.8 Å². The van der Waals surface area contributed by atoms with Gasteiger partial charge in [0.15, 0.2) is 15.6 Å². The van der Waals surface area contributed by atoms with E-state index in [-0.39, 0.29) is 40.1 Å². The number of methoxy groups -OCH3 is 1. The predicted octanol–water partition coefficient (Wildman–Crippen LogP) is 3.39. The Morgan fingerprint density at radius 1 is 1.11 bits per heavy atom. The van der Waals surface area contributed by atoms with Crippen LogP contribution in [0.4, 0.5) is 0 Å². The Labute approximate surface area is 173 Å². The zero-order valence-electron chi connectivity index (χ0n) is 14.5. The molecule has 0 saturated carbocycles. The third kappa shape index (κ3) is 6.46. The van der Waals surface area contributed by atoms with Gasteiger partial charge < -0.3 is 4.74 Å². The lowest BCUT2D eigenvalue weighted by atomic mass is 10.2. The van der Waals surface area contributed by atoms with E-state index in [2.05, 4.69) is 20.7 Å². The molecule has 1 N–H and O–H groups in total. The largest absolute Gasteiger partial charge is 0.494 e. The van der Waals surface area contributed by atoms with E-state index in [0.29, 0.717) is 10.0 Å². The monoisotopic (exact) mass is 495 g/mol. The number of ether oxygens (including phenoxy) is 1. The smallest absolute Gasteiger partial charge is 0.244 e. The minimum absolute atomic E-state index is 0.0242. The Hall–Kier alpha value is -1.13. The van der Waals surface area contributed by atoms with E-state index < -0.39 is 19.9 Å². The molecule has 0 bridgehead atoms. The van der Waals surface area contributed by atoms with Crippen LogP contribution in [-0.2, 0) is 25.6 Å². The van der Waals surface area contributed by atoms with E-state index in [1.54, 1.807) is 24.3 Å². The Morgan fingerprint density at radius 2 is 1.78 bits per heavy atom. The normalized spacial score (nSPS) is 12.1. The molecule has 27 heavy (non-hydrogen) atoms. The highest BCUT2D eigenvalue weighted by molar-refractivity contribution is 9.10. The number of nitrogens with one attached hydrogen (secondary N) is 1.